The van der Waals surface area contributed by atoms with Crippen LogP contribution in [0.1, 0.15) is 0 Å². The van der Waals surface area contributed by atoms with Crippen molar-refractivity contribution in [3.8, 4) is 11.6 Å². The van der Waals surface area contributed by atoms with Crippen LogP contribution in [0.25, 0.3) is 11.6 Å². The second-order valence-electron chi connectivity index (χ2n) is 2.11. The third-order valence-electron chi connectivity index (χ3n) is 1.31. The Balaban J connectivity index is 2.43. The quantitative estimate of drug-likeness (QED) is 0.638. The molecule has 0 aromatic carbocycles. The molecule has 0 bridgehead atoms. The van der Waals surface area contributed by atoms with E-state index in [4.69, 9.17) is 4.42 Å². The van der Waals surface area contributed by atoms with E-state index in [1.54, 1.807) is 0 Å². The van der Waals surface area contributed by atoms with Crippen LogP contribution in [0.4, 0.5) is 4.39 Å². The Morgan fingerprint density at radius 1 is 1.33 bits per heavy atom. The first-order chi connectivity index (χ1) is 5.86. The number of pyridine rings is 1. The number of hydrogen-bond donors (Lipinski definition) is 0. The maximum Gasteiger partial charge on any atom is 0.266 e. The second kappa shape index (κ2) is 2.69. The van der Waals surface area contributed by atoms with Gasteiger partial charge in [0.25, 0.3) is 5.89 Å². The molecule has 4 nitrogen and oxygen atoms in total. The van der Waals surface area contributed by atoms with Crippen LogP contribution in [0.3, 0.4) is 0 Å². The Hall–Kier alpha value is -1.78. The van der Waals surface area contributed by atoms with Crippen molar-refractivity contribution in [2.24, 2.45) is 0 Å². The van der Waals surface area contributed by atoms with Gasteiger partial charge in [-0.25, -0.2) is 9.37 Å². The molecule has 0 saturated carbocycles. The molecule has 2 rings (SSSR count). The highest BCUT2D eigenvalue weighted by Crippen LogP contribution is 2.11. The van der Waals surface area contributed by atoms with Gasteiger partial charge in [-0.3, -0.25) is 0 Å². The molecule has 12 heavy (non-hydrogen) atoms. The summed E-state index contributed by atoms with van der Waals surface area (Å²) in [6.07, 6.45) is 2.29. The van der Waals surface area contributed by atoms with E-state index in [0.29, 0.717) is 5.69 Å². The van der Waals surface area contributed by atoms with Crippen LogP contribution < -0.4 is 0 Å². The van der Waals surface area contributed by atoms with Crippen LogP contribution >= 0.6 is 0 Å². The van der Waals surface area contributed by atoms with Gasteiger partial charge in [0.1, 0.15) is 11.5 Å². The standard InChI is InChI=1S/C7H4FN3O/c8-5-1-2-6(9-3-5)7-11-10-4-12-7/h1-4H. The highest BCUT2D eigenvalue weighted by Gasteiger charge is 2.03. The first kappa shape index (κ1) is 6.90. The van der Waals surface area contributed by atoms with Gasteiger partial charge in [0.2, 0.25) is 6.39 Å². The minimum atomic E-state index is -0.390. The summed E-state index contributed by atoms with van der Waals surface area (Å²) < 4.78 is 17.3. The van der Waals surface area contributed by atoms with Crippen molar-refractivity contribution >= 4 is 0 Å². The molecule has 0 unspecified atom stereocenters. The van der Waals surface area contributed by atoms with Gasteiger partial charge in [-0.05, 0) is 12.1 Å². The van der Waals surface area contributed by atoms with Gasteiger partial charge >= 0.3 is 0 Å². The minimum absolute atomic E-state index is 0.287. The molecule has 0 aliphatic rings. The highest BCUT2D eigenvalue weighted by molar-refractivity contribution is 5.44. The lowest BCUT2D eigenvalue weighted by atomic mass is 10.3. The molecule has 5 heteroatoms. The van der Waals surface area contributed by atoms with Gasteiger partial charge in [0.05, 0.1) is 6.20 Å². The maximum absolute atomic E-state index is 12.4. The Labute approximate surface area is 67.1 Å². The van der Waals surface area contributed by atoms with Crippen LogP contribution in [0, 0.1) is 5.82 Å². The predicted molar refractivity (Wildman–Crippen MR) is 37.5 cm³/mol. The van der Waals surface area contributed by atoms with E-state index in [9.17, 15) is 4.39 Å². The molecular formula is C7H4FN3O. The third kappa shape index (κ3) is 1.16. The van der Waals surface area contributed by atoms with Crippen molar-refractivity contribution in [2.75, 3.05) is 0 Å². The molecule has 0 N–H and O–H groups in total. The Bertz CT molecular complexity index is 357. The third-order valence-corrected chi connectivity index (χ3v) is 1.31. The van der Waals surface area contributed by atoms with E-state index in [-0.39, 0.29) is 5.89 Å². The zero-order valence-corrected chi connectivity index (χ0v) is 5.94. The van der Waals surface area contributed by atoms with E-state index < -0.39 is 5.82 Å². The van der Waals surface area contributed by atoms with E-state index >= 15 is 0 Å². The summed E-state index contributed by atoms with van der Waals surface area (Å²) in [7, 11) is 0. The average molecular weight is 165 g/mol. The molecule has 0 aliphatic heterocycles. The fraction of sp³-hybridized carbons (Fsp3) is 0. The van der Waals surface area contributed by atoms with Crippen LogP contribution in [-0.4, -0.2) is 15.2 Å². The van der Waals surface area contributed by atoms with Crippen LogP contribution in [0.2, 0.25) is 0 Å². The van der Waals surface area contributed by atoms with Crippen LogP contribution in [0.15, 0.2) is 29.1 Å². The molecule has 0 atom stereocenters. The predicted octanol–water partition coefficient (Wildman–Crippen LogP) is 1.27. The summed E-state index contributed by atoms with van der Waals surface area (Å²) in [6, 6.07) is 2.76. The zero-order chi connectivity index (χ0) is 8.39. The van der Waals surface area contributed by atoms with Crippen molar-refractivity contribution in [3.63, 3.8) is 0 Å². The number of nitrogens with zero attached hydrogens (tertiary/aromatic N) is 3. The first-order valence-electron chi connectivity index (χ1n) is 3.24. The number of aromatic nitrogens is 3. The molecule has 0 fully saturated rings. The Kier molecular flexibility index (Phi) is 1.55. The molecule has 0 amide bonds. The fourth-order valence-electron chi connectivity index (χ4n) is 0.787. The topological polar surface area (TPSA) is 51.8 Å². The smallest absolute Gasteiger partial charge is 0.266 e. The highest BCUT2D eigenvalue weighted by atomic mass is 19.1. The van der Waals surface area contributed by atoms with Gasteiger partial charge in [-0.15, -0.1) is 10.2 Å². The number of halogens is 1. The normalized spacial score (nSPS) is 10.1. The van der Waals surface area contributed by atoms with Gasteiger partial charge in [0, 0.05) is 0 Å². The molecule has 2 aromatic rings. The summed E-state index contributed by atoms with van der Waals surface area (Å²) in [5.74, 6) is -0.103. The van der Waals surface area contributed by atoms with E-state index in [1.165, 1.54) is 18.5 Å². The van der Waals surface area contributed by atoms with E-state index in [0.717, 1.165) is 6.20 Å². The summed E-state index contributed by atoms with van der Waals surface area (Å²) in [5.41, 5.74) is 0.467. The van der Waals surface area contributed by atoms with E-state index in [1.807, 2.05) is 0 Å². The van der Waals surface area contributed by atoms with Crippen molar-refractivity contribution < 1.29 is 8.81 Å². The molecule has 0 spiro atoms. The van der Waals surface area contributed by atoms with Crippen molar-refractivity contribution in [3.05, 3.63) is 30.5 Å². The Morgan fingerprint density at radius 2 is 2.25 bits per heavy atom. The number of hydrogen-bond acceptors (Lipinski definition) is 4. The van der Waals surface area contributed by atoms with Crippen LogP contribution in [-0.2, 0) is 0 Å². The summed E-state index contributed by atoms with van der Waals surface area (Å²) in [5, 5.41) is 7.09. The molecule has 2 aromatic heterocycles. The SMILES string of the molecule is Fc1ccc(-c2nnco2)nc1. The summed E-state index contributed by atoms with van der Waals surface area (Å²) in [4.78, 5) is 3.75. The van der Waals surface area contributed by atoms with E-state index in [2.05, 4.69) is 15.2 Å². The first-order valence-corrected chi connectivity index (χ1v) is 3.24. The van der Waals surface area contributed by atoms with Gasteiger partial charge in [-0.2, -0.15) is 0 Å². The van der Waals surface area contributed by atoms with Gasteiger partial charge < -0.3 is 4.42 Å². The lowest BCUT2D eigenvalue weighted by molar-refractivity contribution is 0.565. The maximum atomic E-state index is 12.4. The lowest BCUT2D eigenvalue weighted by Gasteiger charge is -1.91. The molecule has 0 aliphatic carbocycles. The average Bonchev–Trinajstić information content (AvgIpc) is 2.58. The van der Waals surface area contributed by atoms with Crippen molar-refractivity contribution in [1.29, 1.82) is 0 Å². The largest absolute Gasteiger partial charge is 0.422 e. The minimum Gasteiger partial charge on any atom is -0.422 e. The molecule has 60 valence electrons. The monoisotopic (exact) mass is 165 g/mol. The molecular weight excluding hydrogens is 161 g/mol. The lowest BCUT2D eigenvalue weighted by Crippen LogP contribution is -1.84. The fourth-order valence-corrected chi connectivity index (χ4v) is 0.787. The van der Waals surface area contributed by atoms with Gasteiger partial charge in [0.15, 0.2) is 0 Å². The second-order valence-corrected chi connectivity index (χ2v) is 2.11. The molecule has 0 radical (unpaired) electrons. The summed E-state index contributed by atoms with van der Waals surface area (Å²) in [6.45, 7) is 0. The zero-order valence-electron chi connectivity index (χ0n) is 5.94. The van der Waals surface area contributed by atoms with Crippen LogP contribution in [0.5, 0.6) is 0 Å². The van der Waals surface area contributed by atoms with Crippen molar-refractivity contribution in [2.45, 2.75) is 0 Å². The van der Waals surface area contributed by atoms with Gasteiger partial charge in [-0.1, -0.05) is 0 Å². The molecule has 2 heterocycles. The Morgan fingerprint density at radius 3 is 2.83 bits per heavy atom. The molecule has 0 saturated heterocycles. The summed E-state index contributed by atoms with van der Waals surface area (Å²) >= 11 is 0. The number of rotatable bonds is 1. The van der Waals surface area contributed by atoms with Crippen molar-refractivity contribution in [1.82, 2.24) is 15.2 Å².